The normalized spacial score (nSPS) is 11.0. The van der Waals surface area contributed by atoms with Gasteiger partial charge >= 0.3 is 0 Å². The van der Waals surface area contributed by atoms with Crippen LogP contribution >= 0.6 is 11.3 Å². The molecule has 0 saturated heterocycles. The van der Waals surface area contributed by atoms with Gasteiger partial charge in [-0.05, 0) is 37.2 Å². The van der Waals surface area contributed by atoms with Gasteiger partial charge in [-0.3, -0.25) is 0 Å². The van der Waals surface area contributed by atoms with Crippen LogP contribution in [0.4, 0.5) is 4.39 Å². The third-order valence-corrected chi connectivity index (χ3v) is 4.14. The van der Waals surface area contributed by atoms with Gasteiger partial charge in [0.2, 0.25) is 0 Å². The van der Waals surface area contributed by atoms with Crippen molar-refractivity contribution in [2.75, 3.05) is 13.7 Å². The van der Waals surface area contributed by atoms with E-state index >= 15 is 0 Å². The molecular formula is C15H19FN2OS. The fourth-order valence-electron chi connectivity index (χ4n) is 1.99. The van der Waals surface area contributed by atoms with Crippen molar-refractivity contribution >= 4 is 11.3 Å². The van der Waals surface area contributed by atoms with E-state index in [0.717, 1.165) is 34.9 Å². The molecule has 0 aliphatic rings. The van der Waals surface area contributed by atoms with Crippen molar-refractivity contribution in [2.45, 2.75) is 27.0 Å². The summed E-state index contributed by atoms with van der Waals surface area (Å²) < 4.78 is 18.4. The molecule has 0 amide bonds. The van der Waals surface area contributed by atoms with E-state index < -0.39 is 0 Å². The molecular weight excluding hydrogens is 275 g/mol. The van der Waals surface area contributed by atoms with Gasteiger partial charge in [0.05, 0.1) is 12.3 Å². The number of hydrogen-bond acceptors (Lipinski definition) is 4. The van der Waals surface area contributed by atoms with Crippen LogP contribution in [0.5, 0.6) is 0 Å². The molecule has 0 aliphatic carbocycles. The Morgan fingerprint density at radius 1 is 1.40 bits per heavy atom. The van der Waals surface area contributed by atoms with E-state index in [4.69, 9.17) is 4.74 Å². The first-order chi connectivity index (χ1) is 9.65. The SMILES string of the molecule is CCNCc1sc(-c2ccc(F)cc2C)nc1COC. The topological polar surface area (TPSA) is 34.2 Å². The van der Waals surface area contributed by atoms with Crippen LogP contribution in [0, 0.1) is 12.7 Å². The summed E-state index contributed by atoms with van der Waals surface area (Å²) in [5, 5.41) is 4.23. The van der Waals surface area contributed by atoms with Gasteiger partial charge in [0.1, 0.15) is 10.8 Å². The van der Waals surface area contributed by atoms with E-state index in [-0.39, 0.29) is 5.82 Å². The Morgan fingerprint density at radius 3 is 2.85 bits per heavy atom. The monoisotopic (exact) mass is 294 g/mol. The summed E-state index contributed by atoms with van der Waals surface area (Å²) in [5.74, 6) is -0.215. The number of thiazole rings is 1. The molecule has 2 aromatic rings. The summed E-state index contributed by atoms with van der Waals surface area (Å²) in [5.41, 5.74) is 2.84. The highest BCUT2D eigenvalue weighted by Crippen LogP contribution is 2.31. The van der Waals surface area contributed by atoms with Crippen LogP contribution < -0.4 is 5.32 Å². The summed E-state index contributed by atoms with van der Waals surface area (Å²) in [4.78, 5) is 5.82. The van der Waals surface area contributed by atoms with Gasteiger partial charge in [-0.1, -0.05) is 6.92 Å². The third-order valence-electron chi connectivity index (χ3n) is 3.01. The molecule has 0 bridgehead atoms. The number of nitrogens with one attached hydrogen (secondary N) is 1. The fraction of sp³-hybridized carbons (Fsp3) is 0.400. The summed E-state index contributed by atoms with van der Waals surface area (Å²) in [6, 6.07) is 4.80. The number of benzene rings is 1. The van der Waals surface area contributed by atoms with Crippen LogP contribution in [-0.4, -0.2) is 18.6 Å². The standard InChI is InChI=1S/C15H19FN2OS/c1-4-17-8-14-13(9-19-3)18-15(20-14)12-6-5-11(16)7-10(12)2/h5-7,17H,4,8-9H2,1-3H3. The van der Waals surface area contributed by atoms with E-state index in [9.17, 15) is 4.39 Å². The second-order valence-electron chi connectivity index (χ2n) is 4.56. The van der Waals surface area contributed by atoms with Crippen LogP contribution in [0.2, 0.25) is 0 Å². The van der Waals surface area contributed by atoms with Crippen molar-refractivity contribution in [3.63, 3.8) is 0 Å². The minimum absolute atomic E-state index is 0.215. The molecule has 0 atom stereocenters. The Morgan fingerprint density at radius 2 is 2.20 bits per heavy atom. The first-order valence-electron chi connectivity index (χ1n) is 6.60. The summed E-state index contributed by atoms with van der Waals surface area (Å²) in [7, 11) is 1.67. The van der Waals surface area contributed by atoms with Crippen molar-refractivity contribution in [2.24, 2.45) is 0 Å². The maximum absolute atomic E-state index is 13.2. The minimum atomic E-state index is -0.215. The number of rotatable bonds is 6. The van der Waals surface area contributed by atoms with Gasteiger partial charge in [0, 0.05) is 24.1 Å². The van der Waals surface area contributed by atoms with Crippen molar-refractivity contribution < 1.29 is 9.13 Å². The van der Waals surface area contributed by atoms with Crippen molar-refractivity contribution in [3.8, 4) is 10.6 Å². The second kappa shape index (κ2) is 6.92. The fourth-order valence-corrected chi connectivity index (χ4v) is 3.12. The number of aromatic nitrogens is 1. The minimum Gasteiger partial charge on any atom is -0.378 e. The molecule has 0 fully saturated rings. The van der Waals surface area contributed by atoms with E-state index in [1.807, 2.05) is 6.92 Å². The summed E-state index contributed by atoms with van der Waals surface area (Å²) in [6.45, 7) is 6.17. The predicted molar refractivity (Wildman–Crippen MR) is 80.3 cm³/mol. The lowest BCUT2D eigenvalue weighted by atomic mass is 10.1. The van der Waals surface area contributed by atoms with E-state index in [1.54, 1.807) is 24.5 Å². The maximum atomic E-state index is 13.2. The molecule has 1 aromatic heterocycles. The Balaban J connectivity index is 2.36. The Hall–Kier alpha value is -1.30. The zero-order chi connectivity index (χ0) is 14.5. The molecule has 1 N–H and O–H groups in total. The van der Waals surface area contributed by atoms with Crippen LogP contribution in [0.15, 0.2) is 18.2 Å². The molecule has 1 aromatic carbocycles. The van der Waals surface area contributed by atoms with Gasteiger partial charge in [-0.15, -0.1) is 11.3 Å². The first-order valence-corrected chi connectivity index (χ1v) is 7.42. The van der Waals surface area contributed by atoms with Gasteiger partial charge in [0.15, 0.2) is 0 Å². The number of ether oxygens (including phenoxy) is 1. The van der Waals surface area contributed by atoms with E-state index in [2.05, 4.69) is 17.2 Å². The quantitative estimate of drug-likeness (QED) is 0.885. The lowest BCUT2D eigenvalue weighted by molar-refractivity contribution is 0.181. The van der Waals surface area contributed by atoms with Crippen molar-refractivity contribution in [3.05, 3.63) is 40.2 Å². The predicted octanol–water partition coefficient (Wildman–Crippen LogP) is 3.51. The molecule has 5 heteroatoms. The van der Waals surface area contributed by atoms with Crippen LogP contribution in [0.3, 0.4) is 0 Å². The Bertz CT molecular complexity index is 583. The first kappa shape index (κ1) is 15.1. The molecule has 0 radical (unpaired) electrons. The van der Waals surface area contributed by atoms with Gasteiger partial charge in [0.25, 0.3) is 0 Å². The largest absolute Gasteiger partial charge is 0.378 e. The number of aryl methyl sites for hydroxylation is 1. The average molecular weight is 294 g/mol. The number of nitrogens with zero attached hydrogens (tertiary/aromatic N) is 1. The highest BCUT2D eigenvalue weighted by Gasteiger charge is 2.14. The Kier molecular flexibility index (Phi) is 5.23. The number of halogens is 1. The summed E-state index contributed by atoms with van der Waals surface area (Å²) in [6.07, 6.45) is 0. The lowest BCUT2D eigenvalue weighted by Gasteiger charge is -2.01. The third kappa shape index (κ3) is 3.42. The van der Waals surface area contributed by atoms with Gasteiger partial charge in [-0.2, -0.15) is 0 Å². The molecule has 0 unspecified atom stereocenters. The molecule has 108 valence electrons. The molecule has 2 rings (SSSR count). The zero-order valence-corrected chi connectivity index (χ0v) is 12.8. The number of hydrogen-bond donors (Lipinski definition) is 1. The second-order valence-corrected chi connectivity index (χ2v) is 5.65. The van der Waals surface area contributed by atoms with Crippen LogP contribution in [-0.2, 0) is 17.9 Å². The molecule has 0 saturated carbocycles. The molecule has 3 nitrogen and oxygen atoms in total. The van der Waals surface area contributed by atoms with Gasteiger partial charge in [-0.25, -0.2) is 9.37 Å². The maximum Gasteiger partial charge on any atom is 0.124 e. The van der Waals surface area contributed by atoms with Crippen molar-refractivity contribution in [1.29, 1.82) is 0 Å². The summed E-state index contributed by atoms with van der Waals surface area (Å²) >= 11 is 1.64. The van der Waals surface area contributed by atoms with E-state index in [1.165, 1.54) is 17.0 Å². The molecule has 20 heavy (non-hydrogen) atoms. The smallest absolute Gasteiger partial charge is 0.124 e. The molecule has 0 aliphatic heterocycles. The zero-order valence-electron chi connectivity index (χ0n) is 12.0. The van der Waals surface area contributed by atoms with Crippen LogP contribution in [0.1, 0.15) is 23.1 Å². The van der Waals surface area contributed by atoms with E-state index in [0.29, 0.717) is 6.61 Å². The van der Waals surface area contributed by atoms with Crippen LogP contribution in [0.25, 0.3) is 10.6 Å². The lowest BCUT2D eigenvalue weighted by Crippen LogP contribution is -2.12. The molecule has 0 spiro atoms. The van der Waals surface area contributed by atoms with Crippen molar-refractivity contribution in [1.82, 2.24) is 10.3 Å². The highest BCUT2D eigenvalue weighted by molar-refractivity contribution is 7.15. The average Bonchev–Trinajstić information content (AvgIpc) is 2.80. The molecule has 1 heterocycles. The number of methoxy groups -OCH3 is 1. The highest BCUT2D eigenvalue weighted by atomic mass is 32.1. The Labute approximate surface area is 122 Å². The van der Waals surface area contributed by atoms with Gasteiger partial charge < -0.3 is 10.1 Å².